The second-order valence-corrected chi connectivity index (χ2v) is 4.20. The summed E-state index contributed by atoms with van der Waals surface area (Å²) in [5, 5.41) is 0.593. The van der Waals surface area contributed by atoms with Gasteiger partial charge in [-0.1, -0.05) is 12.1 Å². The third kappa shape index (κ3) is 1.46. The van der Waals surface area contributed by atoms with Crippen molar-refractivity contribution in [3.63, 3.8) is 0 Å². The lowest BCUT2D eigenvalue weighted by Crippen LogP contribution is -2.36. The molecule has 0 amide bonds. The van der Waals surface area contributed by atoms with Crippen molar-refractivity contribution in [2.75, 3.05) is 0 Å². The van der Waals surface area contributed by atoms with E-state index < -0.39 is 0 Å². The lowest BCUT2D eigenvalue weighted by Gasteiger charge is -2.10. The van der Waals surface area contributed by atoms with E-state index in [0.29, 0.717) is 10.9 Å². The fourth-order valence-electron chi connectivity index (χ4n) is 1.91. The highest BCUT2D eigenvalue weighted by Gasteiger charge is 2.11. The van der Waals surface area contributed by atoms with Gasteiger partial charge in [-0.25, -0.2) is 4.79 Å². The number of fused-ring (bicyclic) bond motifs is 1. The van der Waals surface area contributed by atoms with Gasteiger partial charge in [0.05, 0.1) is 10.9 Å². The van der Waals surface area contributed by atoms with Gasteiger partial charge in [0.1, 0.15) is 0 Å². The SMILES string of the molecule is Cc1cccc2[nH]c(=O)n(C(C)C)c(=O)c12. The minimum atomic E-state index is -0.349. The van der Waals surface area contributed by atoms with Crippen LogP contribution < -0.4 is 11.2 Å². The Labute approximate surface area is 92.5 Å². The summed E-state index contributed by atoms with van der Waals surface area (Å²) in [5.74, 6) is 0. The number of hydrogen-bond acceptors (Lipinski definition) is 2. The summed E-state index contributed by atoms with van der Waals surface area (Å²) in [6.45, 7) is 5.51. The zero-order valence-electron chi connectivity index (χ0n) is 9.57. The molecule has 0 unspecified atom stereocenters. The second-order valence-electron chi connectivity index (χ2n) is 4.20. The number of hydrogen-bond donors (Lipinski definition) is 1. The number of H-pyrrole nitrogens is 1. The summed E-state index contributed by atoms with van der Waals surface area (Å²) in [5.41, 5.74) is 0.921. The first-order valence-corrected chi connectivity index (χ1v) is 5.26. The summed E-state index contributed by atoms with van der Waals surface area (Å²) in [4.78, 5) is 26.6. The third-order valence-electron chi connectivity index (χ3n) is 2.68. The molecule has 0 bridgehead atoms. The molecule has 1 aromatic heterocycles. The predicted octanol–water partition coefficient (Wildman–Crippen LogP) is 1.58. The summed E-state index contributed by atoms with van der Waals surface area (Å²) < 4.78 is 1.25. The summed E-state index contributed by atoms with van der Waals surface area (Å²) in [6.07, 6.45) is 0. The van der Waals surface area contributed by atoms with Gasteiger partial charge >= 0.3 is 5.69 Å². The molecule has 1 N–H and O–H groups in total. The lowest BCUT2D eigenvalue weighted by atomic mass is 10.1. The normalized spacial score (nSPS) is 11.2. The molecular weight excluding hydrogens is 204 g/mol. The molecule has 16 heavy (non-hydrogen) atoms. The van der Waals surface area contributed by atoms with Crippen LogP contribution in [0.5, 0.6) is 0 Å². The molecule has 0 fully saturated rings. The highest BCUT2D eigenvalue weighted by Crippen LogP contribution is 2.10. The molecule has 4 nitrogen and oxygen atoms in total. The molecular formula is C12H14N2O2. The van der Waals surface area contributed by atoms with Crippen LogP contribution in [0.3, 0.4) is 0 Å². The number of nitrogens with one attached hydrogen (secondary N) is 1. The van der Waals surface area contributed by atoms with Crippen LogP contribution in [-0.4, -0.2) is 9.55 Å². The predicted molar refractivity (Wildman–Crippen MR) is 64.0 cm³/mol. The molecule has 84 valence electrons. The highest BCUT2D eigenvalue weighted by atomic mass is 16.2. The molecule has 0 radical (unpaired) electrons. The molecule has 0 aliphatic heterocycles. The average molecular weight is 218 g/mol. The molecule has 0 saturated heterocycles. The van der Waals surface area contributed by atoms with E-state index in [4.69, 9.17) is 0 Å². The number of aromatic nitrogens is 2. The smallest absolute Gasteiger partial charge is 0.307 e. The first-order valence-electron chi connectivity index (χ1n) is 5.26. The number of aromatic amines is 1. The molecule has 2 aromatic rings. The van der Waals surface area contributed by atoms with E-state index in [-0.39, 0.29) is 17.3 Å². The molecule has 0 saturated carbocycles. The van der Waals surface area contributed by atoms with Crippen molar-refractivity contribution in [3.05, 3.63) is 44.6 Å². The van der Waals surface area contributed by atoms with Crippen LogP contribution in [0, 0.1) is 6.92 Å². The summed E-state index contributed by atoms with van der Waals surface area (Å²) >= 11 is 0. The van der Waals surface area contributed by atoms with Crippen molar-refractivity contribution < 1.29 is 0 Å². The van der Waals surface area contributed by atoms with Gasteiger partial charge < -0.3 is 4.98 Å². The highest BCUT2D eigenvalue weighted by molar-refractivity contribution is 5.80. The van der Waals surface area contributed by atoms with Crippen molar-refractivity contribution in [1.82, 2.24) is 9.55 Å². The molecule has 1 heterocycles. The molecule has 0 aliphatic rings. The number of nitrogens with zero attached hydrogens (tertiary/aromatic N) is 1. The van der Waals surface area contributed by atoms with Gasteiger partial charge in [-0.05, 0) is 32.4 Å². The zero-order chi connectivity index (χ0) is 11.9. The third-order valence-corrected chi connectivity index (χ3v) is 2.68. The maximum absolute atomic E-state index is 12.2. The van der Waals surface area contributed by atoms with E-state index in [1.807, 2.05) is 32.9 Å². The van der Waals surface area contributed by atoms with Gasteiger partial charge in [0.25, 0.3) is 5.56 Å². The Balaban J connectivity index is 3.04. The number of rotatable bonds is 1. The van der Waals surface area contributed by atoms with E-state index in [9.17, 15) is 9.59 Å². The van der Waals surface area contributed by atoms with Crippen LogP contribution in [-0.2, 0) is 0 Å². The molecule has 0 atom stereocenters. The summed E-state index contributed by atoms with van der Waals surface area (Å²) in [6, 6.07) is 5.30. The monoisotopic (exact) mass is 218 g/mol. The Morgan fingerprint density at radius 3 is 2.56 bits per heavy atom. The van der Waals surface area contributed by atoms with E-state index in [2.05, 4.69) is 4.98 Å². The Kier molecular flexibility index (Phi) is 2.42. The molecule has 1 aromatic carbocycles. The van der Waals surface area contributed by atoms with Crippen molar-refractivity contribution in [2.24, 2.45) is 0 Å². The standard InChI is InChI=1S/C12H14N2O2/c1-7(2)14-11(15)10-8(3)5-4-6-9(10)13-12(14)16/h4-7H,1-3H3,(H,13,16). The Morgan fingerprint density at radius 2 is 1.94 bits per heavy atom. The minimum absolute atomic E-state index is 0.139. The van der Waals surface area contributed by atoms with E-state index in [1.54, 1.807) is 6.07 Å². The Morgan fingerprint density at radius 1 is 1.25 bits per heavy atom. The lowest BCUT2D eigenvalue weighted by molar-refractivity contribution is 0.552. The second kappa shape index (κ2) is 3.63. The molecule has 2 rings (SSSR count). The Bertz CT molecular complexity index is 650. The van der Waals surface area contributed by atoms with Crippen molar-refractivity contribution in [1.29, 1.82) is 0 Å². The molecule has 4 heteroatoms. The number of benzene rings is 1. The molecule has 0 aliphatic carbocycles. The van der Waals surface area contributed by atoms with Crippen LogP contribution >= 0.6 is 0 Å². The van der Waals surface area contributed by atoms with Crippen molar-refractivity contribution >= 4 is 10.9 Å². The van der Waals surface area contributed by atoms with E-state index in [0.717, 1.165) is 5.56 Å². The van der Waals surface area contributed by atoms with Gasteiger partial charge in [-0.2, -0.15) is 0 Å². The van der Waals surface area contributed by atoms with Crippen LogP contribution in [0.15, 0.2) is 27.8 Å². The molecule has 0 spiro atoms. The van der Waals surface area contributed by atoms with Gasteiger partial charge in [0, 0.05) is 6.04 Å². The topological polar surface area (TPSA) is 54.9 Å². The minimum Gasteiger partial charge on any atom is -0.307 e. The van der Waals surface area contributed by atoms with Gasteiger partial charge in [-0.15, -0.1) is 0 Å². The zero-order valence-corrected chi connectivity index (χ0v) is 9.57. The first kappa shape index (κ1) is 10.7. The van der Waals surface area contributed by atoms with E-state index in [1.165, 1.54) is 4.57 Å². The Hall–Kier alpha value is -1.84. The summed E-state index contributed by atoms with van der Waals surface area (Å²) in [7, 11) is 0. The quantitative estimate of drug-likeness (QED) is 0.790. The van der Waals surface area contributed by atoms with Crippen LogP contribution in [0.1, 0.15) is 25.5 Å². The first-order chi connectivity index (χ1) is 7.52. The van der Waals surface area contributed by atoms with E-state index >= 15 is 0 Å². The van der Waals surface area contributed by atoms with Crippen LogP contribution in [0.25, 0.3) is 10.9 Å². The van der Waals surface area contributed by atoms with Gasteiger partial charge in [0.2, 0.25) is 0 Å². The van der Waals surface area contributed by atoms with Crippen LogP contribution in [0.4, 0.5) is 0 Å². The number of aryl methyl sites for hydroxylation is 1. The van der Waals surface area contributed by atoms with Crippen molar-refractivity contribution in [2.45, 2.75) is 26.8 Å². The maximum atomic E-state index is 12.2. The fourth-order valence-corrected chi connectivity index (χ4v) is 1.91. The van der Waals surface area contributed by atoms with Crippen molar-refractivity contribution in [3.8, 4) is 0 Å². The van der Waals surface area contributed by atoms with Gasteiger partial charge in [-0.3, -0.25) is 9.36 Å². The fraction of sp³-hybridized carbons (Fsp3) is 0.333. The largest absolute Gasteiger partial charge is 0.329 e. The van der Waals surface area contributed by atoms with Crippen LogP contribution in [0.2, 0.25) is 0 Å². The van der Waals surface area contributed by atoms with Gasteiger partial charge in [0.15, 0.2) is 0 Å². The maximum Gasteiger partial charge on any atom is 0.329 e. The average Bonchev–Trinajstić information content (AvgIpc) is 2.15.